The van der Waals surface area contributed by atoms with Gasteiger partial charge in [0.2, 0.25) is 5.91 Å². The molecular formula is C18H20FN3O. The van der Waals surface area contributed by atoms with E-state index in [0.717, 1.165) is 24.5 Å². The molecule has 0 bridgehead atoms. The van der Waals surface area contributed by atoms with Gasteiger partial charge in [0.25, 0.3) is 0 Å². The molecule has 0 radical (unpaired) electrons. The van der Waals surface area contributed by atoms with E-state index < -0.39 is 0 Å². The van der Waals surface area contributed by atoms with Crippen molar-refractivity contribution >= 4 is 11.7 Å². The van der Waals surface area contributed by atoms with Crippen LogP contribution >= 0.6 is 0 Å². The number of rotatable bonds is 5. The molecule has 0 saturated carbocycles. The zero-order valence-corrected chi connectivity index (χ0v) is 13.0. The van der Waals surface area contributed by atoms with E-state index in [1.54, 1.807) is 24.4 Å². The molecule has 1 aromatic heterocycles. The Bertz CT molecular complexity index is 666. The Morgan fingerprint density at radius 2 is 1.96 bits per heavy atom. The summed E-state index contributed by atoms with van der Waals surface area (Å²) in [6.45, 7) is 2.53. The van der Waals surface area contributed by atoms with Crippen LogP contribution in [-0.4, -0.2) is 24.0 Å². The summed E-state index contributed by atoms with van der Waals surface area (Å²) in [7, 11) is 0. The van der Waals surface area contributed by atoms with Gasteiger partial charge in [-0.25, -0.2) is 9.37 Å². The van der Waals surface area contributed by atoms with Gasteiger partial charge < -0.3 is 10.2 Å². The smallest absolute Gasteiger partial charge is 0.224 e. The quantitative estimate of drug-likeness (QED) is 0.923. The normalized spacial score (nSPS) is 14.0. The van der Waals surface area contributed by atoms with Crippen LogP contribution in [0.4, 0.5) is 10.2 Å². The van der Waals surface area contributed by atoms with E-state index in [0.29, 0.717) is 12.1 Å². The van der Waals surface area contributed by atoms with Crippen molar-refractivity contribution in [3.8, 4) is 0 Å². The molecule has 0 aliphatic carbocycles. The van der Waals surface area contributed by atoms with Crippen molar-refractivity contribution in [3.05, 3.63) is 59.5 Å². The van der Waals surface area contributed by atoms with E-state index in [2.05, 4.69) is 15.2 Å². The predicted octanol–water partition coefficient (Wildman–Crippen LogP) is 2.68. The van der Waals surface area contributed by atoms with Crippen LogP contribution in [0, 0.1) is 5.82 Å². The molecule has 2 aromatic rings. The average Bonchev–Trinajstić information content (AvgIpc) is 3.10. The van der Waals surface area contributed by atoms with Gasteiger partial charge in [0.1, 0.15) is 11.6 Å². The number of halogens is 1. The lowest BCUT2D eigenvalue weighted by molar-refractivity contribution is -0.120. The van der Waals surface area contributed by atoms with Crippen LogP contribution in [0.1, 0.15) is 24.0 Å². The third-order valence-electron chi connectivity index (χ3n) is 4.04. The first-order valence-corrected chi connectivity index (χ1v) is 7.92. The number of amides is 1. The molecule has 120 valence electrons. The highest BCUT2D eigenvalue weighted by Crippen LogP contribution is 2.17. The molecule has 2 heterocycles. The first-order chi connectivity index (χ1) is 11.2. The Morgan fingerprint density at radius 3 is 2.65 bits per heavy atom. The summed E-state index contributed by atoms with van der Waals surface area (Å²) in [6, 6.07) is 10.3. The predicted molar refractivity (Wildman–Crippen MR) is 87.6 cm³/mol. The summed E-state index contributed by atoms with van der Waals surface area (Å²) in [6.07, 6.45) is 4.27. The Balaban J connectivity index is 1.51. The molecule has 1 fully saturated rings. The number of hydrogen-bond acceptors (Lipinski definition) is 3. The van der Waals surface area contributed by atoms with Crippen LogP contribution in [0.3, 0.4) is 0 Å². The molecule has 4 nitrogen and oxygen atoms in total. The minimum Gasteiger partial charge on any atom is -0.357 e. The Morgan fingerprint density at radius 1 is 1.17 bits per heavy atom. The third kappa shape index (κ3) is 4.06. The minimum absolute atomic E-state index is 0.0476. The molecule has 1 amide bonds. The van der Waals surface area contributed by atoms with Crippen LogP contribution in [0.25, 0.3) is 0 Å². The number of carbonyl (C=O) groups is 1. The molecule has 1 N–H and O–H groups in total. The number of hydrogen-bond donors (Lipinski definition) is 1. The lowest BCUT2D eigenvalue weighted by atomic mass is 10.1. The summed E-state index contributed by atoms with van der Waals surface area (Å²) < 4.78 is 13.5. The Labute approximate surface area is 135 Å². The number of carbonyl (C=O) groups excluding carboxylic acids is 1. The largest absolute Gasteiger partial charge is 0.357 e. The summed E-state index contributed by atoms with van der Waals surface area (Å²) >= 11 is 0. The molecule has 3 rings (SSSR count). The summed E-state index contributed by atoms with van der Waals surface area (Å²) in [5, 5.41) is 2.80. The minimum atomic E-state index is -0.348. The van der Waals surface area contributed by atoms with Gasteiger partial charge in [0.05, 0.1) is 6.42 Å². The van der Waals surface area contributed by atoms with Gasteiger partial charge in [0, 0.05) is 25.8 Å². The summed E-state index contributed by atoms with van der Waals surface area (Å²) in [5.41, 5.74) is 1.35. The lowest BCUT2D eigenvalue weighted by Crippen LogP contribution is -2.25. The van der Waals surface area contributed by atoms with Crippen LogP contribution in [0.2, 0.25) is 0 Å². The number of nitrogens with one attached hydrogen (secondary N) is 1. The molecule has 23 heavy (non-hydrogen) atoms. The number of pyridine rings is 1. The second-order valence-corrected chi connectivity index (χ2v) is 5.76. The van der Waals surface area contributed by atoms with Gasteiger partial charge in [-0.1, -0.05) is 24.3 Å². The summed E-state index contributed by atoms with van der Waals surface area (Å²) in [4.78, 5) is 18.6. The van der Waals surface area contributed by atoms with Gasteiger partial charge >= 0.3 is 0 Å². The summed E-state index contributed by atoms with van der Waals surface area (Å²) in [5.74, 6) is 0.446. The van der Waals surface area contributed by atoms with Crippen molar-refractivity contribution in [2.24, 2.45) is 0 Å². The fourth-order valence-corrected chi connectivity index (χ4v) is 2.73. The fraction of sp³-hybridized carbons (Fsp3) is 0.333. The van der Waals surface area contributed by atoms with Crippen LogP contribution < -0.4 is 10.2 Å². The molecular weight excluding hydrogens is 293 g/mol. The van der Waals surface area contributed by atoms with Crippen molar-refractivity contribution in [1.29, 1.82) is 0 Å². The highest BCUT2D eigenvalue weighted by atomic mass is 19.1. The Hall–Kier alpha value is -2.43. The topological polar surface area (TPSA) is 45.2 Å². The van der Waals surface area contributed by atoms with Crippen molar-refractivity contribution in [3.63, 3.8) is 0 Å². The lowest BCUT2D eigenvalue weighted by Gasteiger charge is -2.16. The molecule has 0 atom stereocenters. The van der Waals surface area contributed by atoms with Gasteiger partial charge in [-0.15, -0.1) is 0 Å². The second kappa shape index (κ2) is 7.22. The van der Waals surface area contributed by atoms with Gasteiger partial charge in [-0.3, -0.25) is 4.79 Å². The number of nitrogens with zero attached hydrogens (tertiary/aromatic N) is 2. The van der Waals surface area contributed by atoms with E-state index in [1.807, 2.05) is 12.1 Å². The van der Waals surface area contributed by atoms with Crippen molar-refractivity contribution in [2.75, 3.05) is 18.0 Å². The monoisotopic (exact) mass is 313 g/mol. The maximum absolute atomic E-state index is 13.5. The van der Waals surface area contributed by atoms with Crippen molar-refractivity contribution in [1.82, 2.24) is 10.3 Å². The van der Waals surface area contributed by atoms with Crippen LogP contribution in [0.5, 0.6) is 0 Å². The molecule has 1 aliphatic heterocycles. The number of benzene rings is 1. The first kappa shape index (κ1) is 15.5. The van der Waals surface area contributed by atoms with E-state index in [4.69, 9.17) is 0 Å². The fourth-order valence-electron chi connectivity index (χ4n) is 2.73. The molecule has 1 aliphatic rings. The highest BCUT2D eigenvalue weighted by molar-refractivity contribution is 5.78. The SMILES string of the molecule is O=C(Cc1ccccc1F)NCc1ccc(N2CCCC2)nc1. The third-order valence-corrected chi connectivity index (χ3v) is 4.04. The molecule has 1 aromatic carbocycles. The number of anilines is 1. The zero-order chi connectivity index (χ0) is 16.1. The van der Waals surface area contributed by atoms with E-state index in [-0.39, 0.29) is 18.1 Å². The maximum Gasteiger partial charge on any atom is 0.224 e. The van der Waals surface area contributed by atoms with E-state index in [1.165, 1.54) is 18.9 Å². The number of aromatic nitrogens is 1. The Kier molecular flexibility index (Phi) is 4.86. The highest BCUT2D eigenvalue weighted by Gasteiger charge is 2.13. The zero-order valence-electron chi connectivity index (χ0n) is 13.0. The van der Waals surface area contributed by atoms with E-state index >= 15 is 0 Å². The van der Waals surface area contributed by atoms with Gasteiger partial charge in [-0.05, 0) is 36.1 Å². The van der Waals surface area contributed by atoms with E-state index in [9.17, 15) is 9.18 Å². The standard InChI is InChI=1S/C18H20FN3O/c19-16-6-2-1-5-15(16)11-18(23)21-13-14-7-8-17(20-12-14)22-9-3-4-10-22/h1-2,5-8,12H,3-4,9-11,13H2,(H,21,23). The maximum atomic E-state index is 13.5. The van der Waals surface area contributed by atoms with Crippen LogP contribution in [-0.2, 0) is 17.8 Å². The van der Waals surface area contributed by atoms with Crippen molar-refractivity contribution < 1.29 is 9.18 Å². The molecule has 0 spiro atoms. The molecule has 1 saturated heterocycles. The first-order valence-electron chi connectivity index (χ1n) is 7.92. The second-order valence-electron chi connectivity index (χ2n) is 5.76. The molecule has 5 heteroatoms. The van der Waals surface area contributed by atoms with Gasteiger partial charge in [0.15, 0.2) is 0 Å². The van der Waals surface area contributed by atoms with Crippen molar-refractivity contribution in [2.45, 2.75) is 25.8 Å². The molecule has 0 unspecified atom stereocenters. The van der Waals surface area contributed by atoms with Gasteiger partial charge in [-0.2, -0.15) is 0 Å². The van der Waals surface area contributed by atoms with Crippen LogP contribution in [0.15, 0.2) is 42.6 Å². The average molecular weight is 313 g/mol.